The van der Waals surface area contributed by atoms with Gasteiger partial charge in [-0.15, -0.1) is 10.2 Å². The predicted octanol–water partition coefficient (Wildman–Crippen LogP) is 7.61. The number of benzene rings is 5. The summed E-state index contributed by atoms with van der Waals surface area (Å²) in [4.78, 5) is 4.63. The van der Waals surface area contributed by atoms with E-state index in [1.807, 2.05) is 40.5 Å². The summed E-state index contributed by atoms with van der Waals surface area (Å²) in [6.45, 7) is 4.77. The molecule has 0 radical (unpaired) electrons. The molecule has 0 unspecified atom stereocenters. The summed E-state index contributed by atoms with van der Waals surface area (Å²) in [7, 11) is 0. The summed E-state index contributed by atoms with van der Waals surface area (Å²) < 4.78 is 6.03. The lowest BCUT2D eigenvalue weighted by Gasteiger charge is -2.36. The van der Waals surface area contributed by atoms with Crippen molar-refractivity contribution in [1.82, 2.24) is 39.6 Å². The van der Waals surface area contributed by atoms with E-state index in [4.69, 9.17) is 10.3 Å². The van der Waals surface area contributed by atoms with Crippen molar-refractivity contribution >= 4 is 5.65 Å². The van der Waals surface area contributed by atoms with Crippen molar-refractivity contribution in [2.75, 3.05) is 0 Å². The molecule has 0 saturated carbocycles. The molecule has 0 fully saturated rings. The van der Waals surface area contributed by atoms with Crippen LogP contribution in [0.3, 0.4) is 0 Å². The minimum absolute atomic E-state index is 0.676. The maximum atomic E-state index is 4.76. The highest BCUT2D eigenvalue weighted by molar-refractivity contribution is 5.81. The van der Waals surface area contributed by atoms with Crippen LogP contribution in [-0.2, 0) is 18.5 Å². The van der Waals surface area contributed by atoms with Crippen molar-refractivity contribution in [2.24, 2.45) is 0 Å². The summed E-state index contributed by atoms with van der Waals surface area (Å²) in [5.41, 5.74) is 8.71. The second-order valence-corrected chi connectivity index (χ2v) is 11.9. The van der Waals surface area contributed by atoms with Gasteiger partial charge in [0.2, 0.25) is 0 Å². The number of fused-ring (bicyclic) bond motifs is 1. The first-order valence-corrected chi connectivity index (χ1v) is 16.2. The van der Waals surface area contributed by atoms with Gasteiger partial charge in [0, 0.05) is 17.3 Å². The van der Waals surface area contributed by atoms with Crippen LogP contribution >= 0.6 is 0 Å². The normalized spacial score (nSPS) is 11.7. The van der Waals surface area contributed by atoms with Crippen LogP contribution in [0, 0.1) is 6.92 Å². The topological polar surface area (TPSA) is 78.7 Å². The minimum atomic E-state index is -0.835. The highest BCUT2D eigenvalue weighted by Gasteiger charge is 2.42. The van der Waals surface area contributed by atoms with Crippen molar-refractivity contribution < 1.29 is 0 Å². The lowest BCUT2D eigenvalue weighted by atomic mass is 9.77. The molecule has 5 aromatic carbocycles. The van der Waals surface area contributed by atoms with E-state index in [1.165, 1.54) is 11.1 Å². The molecule has 0 saturated heterocycles. The van der Waals surface area contributed by atoms with E-state index < -0.39 is 5.54 Å². The van der Waals surface area contributed by atoms with Gasteiger partial charge in [-0.1, -0.05) is 146 Å². The van der Waals surface area contributed by atoms with E-state index in [9.17, 15) is 0 Å². The van der Waals surface area contributed by atoms with Crippen LogP contribution in [0.2, 0.25) is 0 Å². The molecule has 3 heterocycles. The smallest absolute Gasteiger partial charge is 0.184 e. The fraction of sp³-hybridized carbons (Fsp3) is 0.125. The number of aryl methyl sites for hydroxylation is 2. The third-order valence-corrected chi connectivity index (χ3v) is 9.05. The van der Waals surface area contributed by atoms with Crippen LogP contribution in [-0.4, -0.2) is 39.6 Å². The predicted molar refractivity (Wildman–Crippen MR) is 187 cm³/mol. The summed E-state index contributed by atoms with van der Waals surface area (Å²) in [5, 5.41) is 18.4. The molecule has 8 heteroatoms. The maximum absolute atomic E-state index is 4.76. The number of aromatic nitrogens is 8. The van der Waals surface area contributed by atoms with E-state index in [0.29, 0.717) is 12.4 Å². The molecule has 0 aliphatic carbocycles. The molecule has 0 amide bonds. The van der Waals surface area contributed by atoms with Crippen LogP contribution in [0.25, 0.3) is 28.2 Å². The standard InChI is InChI=1S/C40H34N8/c1-3-31-28-46(48-38(31)41-29(2)43-48)27-30-23-25-32(26-24-30)36-21-13-14-22-37(36)39-42-44-45-47(39)40(33-15-7-4-8-16-33,34-17-9-5-10-18-34)35-19-11-6-12-20-35/h4-26,28H,3,27H2,1-2H3. The van der Waals surface area contributed by atoms with Gasteiger partial charge in [0.15, 0.2) is 11.5 Å². The fourth-order valence-electron chi connectivity index (χ4n) is 6.83. The number of hydrogen-bond acceptors (Lipinski definition) is 5. The van der Waals surface area contributed by atoms with Gasteiger partial charge in [-0.3, -0.25) is 4.68 Å². The Labute approximate surface area is 278 Å². The summed E-state index contributed by atoms with van der Waals surface area (Å²) in [6.07, 6.45) is 3.06. The van der Waals surface area contributed by atoms with Crippen molar-refractivity contribution in [1.29, 1.82) is 0 Å². The molecule has 0 spiro atoms. The zero-order chi connectivity index (χ0) is 32.5. The molecule has 3 aromatic heterocycles. The second kappa shape index (κ2) is 12.2. The van der Waals surface area contributed by atoms with Crippen LogP contribution in [0.4, 0.5) is 0 Å². The molecule has 8 nitrogen and oxygen atoms in total. The highest BCUT2D eigenvalue weighted by Crippen LogP contribution is 2.43. The molecular formula is C40H34N8. The Hall–Kier alpha value is -6.15. The molecular weight excluding hydrogens is 592 g/mol. The quantitative estimate of drug-likeness (QED) is 0.154. The largest absolute Gasteiger partial charge is 0.266 e. The van der Waals surface area contributed by atoms with Gasteiger partial charge in [0.25, 0.3) is 0 Å². The van der Waals surface area contributed by atoms with Crippen molar-refractivity contribution in [3.63, 3.8) is 0 Å². The SMILES string of the molecule is CCc1cn(Cc2ccc(-c3ccccc3-c3nnnn3C(c3ccccc3)(c3ccccc3)c3ccccc3)cc2)n2nc(C)nc12. The lowest BCUT2D eigenvalue weighted by Crippen LogP contribution is -2.39. The van der Waals surface area contributed by atoms with Crippen LogP contribution in [0.1, 0.15) is 40.6 Å². The van der Waals surface area contributed by atoms with E-state index in [1.54, 1.807) is 0 Å². The molecule has 0 bridgehead atoms. The van der Waals surface area contributed by atoms with Gasteiger partial charge in [0.1, 0.15) is 11.4 Å². The molecule has 8 aromatic rings. The number of nitrogens with zero attached hydrogens (tertiary/aromatic N) is 8. The van der Waals surface area contributed by atoms with Gasteiger partial charge >= 0.3 is 0 Å². The monoisotopic (exact) mass is 626 g/mol. The second-order valence-electron chi connectivity index (χ2n) is 11.9. The Morgan fingerprint density at radius 3 is 1.79 bits per heavy atom. The number of tetrazole rings is 1. The van der Waals surface area contributed by atoms with Crippen LogP contribution < -0.4 is 0 Å². The highest BCUT2D eigenvalue weighted by atomic mass is 15.6. The van der Waals surface area contributed by atoms with E-state index in [2.05, 4.69) is 148 Å². The third kappa shape index (κ3) is 4.89. The molecule has 8 rings (SSSR count). The number of hydrogen-bond donors (Lipinski definition) is 0. The molecule has 48 heavy (non-hydrogen) atoms. The van der Waals surface area contributed by atoms with Crippen molar-refractivity contribution in [2.45, 2.75) is 32.4 Å². The van der Waals surface area contributed by atoms with E-state index >= 15 is 0 Å². The zero-order valence-electron chi connectivity index (χ0n) is 26.8. The van der Waals surface area contributed by atoms with Crippen LogP contribution in [0.5, 0.6) is 0 Å². The van der Waals surface area contributed by atoms with Crippen molar-refractivity contribution in [3.05, 3.63) is 179 Å². The molecule has 0 aliphatic rings. The molecule has 0 atom stereocenters. The Bertz CT molecular complexity index is 2200. The van der Waals surface area contributed by atoms with Gasteiger partial charge in [-0.25, -0.2) is 9.67 Å². The van der Waals surface area contributed by atoms with Gasteiger partial charge in [0.05, 0.1) is 6.54 Å². The van der Waals surface area contributed by atoms with Gasteiger partial charge in [-0.2, -0.15) is 4.63 Å². The first kappa shape index (κ1) is 29.3. The average molecular weight is 627 g/mol. The van der Waals surface area contributed by atoms with Crippen LogP contribution in [0.15, 0.2) is 146 Å². The van der Waals surface area contributed by atoms with E-state index in [-0.39, 0.29) is 0 Å². The van der Waals surface area contributed by atoms with E-state index in [0.717, 1.165) is 51.3 Å². The van der Waals surface area contributed by atoms with Gasteiger partial charge in [-0.05, 0) is 57.2 Å². The average Bonchev–Trinajstić information content (AvgIpc) is 3.87. The fourth-order valence-corrected chi connectivity index (χ4v) is 6.83. The number of rotatable bonds is 9. The molecule has 234 valence electrons. The summed E-state index contributed by atoms with van der Waals surface area (Å²) in [5.74, 6) is 1.45. The van der Waals surface area contributed by atoms with Gasteiger partial charge < -0.3 is 0 Å². The Morgan fingerprint density at radius 1 is 0.646 bits per heavy atom. The first-order chi connectivity index (χ1) is 23.7. The summed E-state index contributed by atoms with van der Waals surface area (Å²) in [6, 6.07) is 48.5. The zero-order valence-corrected chi connectivity index (χ0v) is 26.8. The Morgan fingerprint density at radius 2 is 1.21 bits per heavy atom. The molecule has 0 N–H and O–H groups in total. The maximum Gasteiger partial charge on any atom is 0.184 e. The first-order valence-electron chi connectivity index (χ1n) is 16.2. The Balaban J connectivity index is 1.24. The van der Waals surface area contributed by atoms with Crippen molar-refractivity contribution in [3.8, 4) is 22.5 Å². The minimum Gasteiger partial charge on any atom is -0.266 e. The lowest BCUT2D eigenvalue weighted by molar-refractivity contribution is 0.451. The third-order valence-electron chi connectivity index (χ3n) is 9.05. The Kier molecular flexibility index (Phi) is 7.45. The summed E-state index contributed by atoms with van der Waals surface area (Å²) >= 11 is 0. The molecule has 0 aliphatic heterocycles.